The van der Waals surface area contributed by atoms with Crippen LogP contribution < -0.4 is 5.32 Å². The molecule has 0 aliphatic rings. The second-order valence-electron chi connectivity index (χ2n) is 3.85. The average Bonchev–Trinajstić information content (AvgIpc) is 2.91. The van der Waals surface area contributed by atoms with Gasteiger partial charge in [0.25, 0.3) is 5.91 Å². The maximum Gasteiger partial charge on any atom is 0.301 e. The van der Waals surface area contributed by atoms with E-state index in [1.165, 1.54) is 12.5 Å². The fourth-order valence-electron chi connectivity index (χ4n) is 1.79. The predicted molar refractivity (Wildman–Crippen MR) is 68.4 cm³/mol. The molecule has 4 nitrogen and oxygen atoms in total. The van der Waals surface area contributed by atoms with Crippen molar-refractivity contribution in [3.8, 4) is 0 Å². The summed E-state index contributed by atoms with van der Waals surface area (Å²) < 4.78 is 4.97. The van der Waals surface area contributed by atoms with Gasteiger partial charge in [0, 0.05) is 5.56 Å². The lowest BCUT2D eigenvalue weighted by atomic mass is 10.1. The van der Waals surface area contributed by atoms with Crippen LogP contribution in [0.15, 0.2) is 59.3 Å². The number of nitrogens with zero attached hydrogens (tertiary/aromatic N) is 1. The van der Waals surface area contributed by atoms with Gasteiger partial charge in [0.15, 0.2) is 0 Å². The Labute approximate surface area is 103 Å². The molecule has 0 saturated carbocycles. The summed E-state index contributed by atoms with van der Waals surface area (Å²) in [7, 11) is 0. The van der Waals surface area contributed by atoms with E-state index in [-0.39, 0.29) is 11.9 Å². The van der Waals surface area contributed by atoms with Crippen LogP contribution in [-0.4, -0.2) is 10.9 Å². The number of oxazole rings is 1. The number of hydrogen-bond acceptors (Lipinski definition) is 3. The van der Waals surface area contributed by atoms with Gasteiger partial charge in [-0.15, -0.1) is 0 Å². The second-order valence-corrected chi connectivity index (χ2v) is 3.85. The van der Waals surface area contributed by atoms with E-state index in [2.05, 4.69) is 10.3 Å². The molecule has 88 valence electrons. The van der Waals surface area contributed by atoms with Gasteiger partial charge in [-0.3, -0.25) is 10.1 Å². The van der Waals surface area contributed by atoms with Crippen LogP contribution in [0.3, 0.4) is 0 Å². The Bertz CT molecular complexity index is 690. The number of carbonyl (C=O) groups is 1. The molecule has 0 spiro atoms. The number of amides is 1. The molecule has 18 heavy (non-hydrogen) atoms. The van der Waals surface area contributed by atoms with Crippen molar-refractivity contribution in [3.05, 3.63) is 60.5 Å². The van der Waals surface area contributed by atoms with Crippen molar-refractivity contribution in [2.24, 2.45) is 0 Å². The molecule has 0 unspecified atom stereocenters. The number of aromatic nitrogens is 1. The highest BCUT2D eigenvalue weighted by atomic mass is 16.4. The van der Waals surface area contributed by atoms with E-state index < -0.39 is 0 Å². The highest BCUT2D eigenvalue weighted by molar-refractivity contribution is 6.05. The summed E-state index contributed by atoms with van der Waals surface area (Å²) in [6.45, 7) is 0. The smallest absolute Gasteiger partial charge is 0.301 e. The molecule has 0 aliphatic carbocycles. The summed E-state index contributed by atoms with van der Waals surface area (Å²) in [5, 5.41) is 4.71. The van der Waals surface area contributed by atoms with Crippen molar-refractivity contribution in [2.75, 3.05) is 5.32 Å². The highest BCUT2D eigenvalue weighted by Crippen LogP contribution is 2.16. The topological polar surface area (TPSA) is 55.1 Å². The Morgan fingerprint density at radius 2 is 1.94 bits per heavy atom. The van der Waals surface area contributed by atoms with E-state index in [1.54, 1.807) is 6.07 Å². The van der Waals surface area contributed by atoms with Gasteiger partial charge in [-0.25, -0.2) is 4.98 Å². The van der Waals surface area contributed by atoms with Crippen molar-refractivity contribution < 1.29 is 9.21 Å². The number of benzene rings is 2. The van der Waals surface area contributed by atoms with Crippen LogP contribution in [0.25, 0.3) is 10.8 Å². The molecule has 4 heteroatoms. The minimum atomic E-state index is -0.233. The van der Waals surface area contributed by atoms with Gasteiger partial charge in [-0.2, -0.15) is 0 Å². The number of rotatable bonds is 2. The number of anilines is 1. The predicted octanol–water partition coefficient (Wildman–Crippen LogP) is 3.08. The molecule has 1 amide bonds. The molecule has 0 radical (unpaired) electrons. The molecule has 3 aromatic rings. The molecule has 0 atom stereocenters. The monoisotopic (exact) mass is 238 g/mol. The quantitative estimate of drug-likeness (QED) is 0.746. The molecule has 0 saturated heterocycles. The summed E-state index contributed by atoms with van der Waals surface area (Å²) in [6.07, 6.45) is 2.89. The van der Waals surface area contributed by atoms with Crippen LogP contribution in [0.2, 0.25) is 0 Å². The zero-order valence-corrected chi connectivity index (χ0v) is 9.46. The highest BCUT2D eigenvalue weighted by Gasteiger charge is 2.08. The summed E-state index contributed by atoms with van der Waals surface area (Å²) >= 11 is 0. The molecule has 0 bridgehead atoms. The van der Waals surface area contributed by atoms with Gasteiger partial charge < -0.3 is 4.42 Å². The lowest BCUT2D eigenvalue weighted by molar-refractivity contribution is 0.102. The van der Waals surface area contributed by atoms with E-state index in [0.717, 1.165) is 10.8 Å². The second kappa shape index (κ2) is 4.33. The third-order valence-electron chi connectivity index (χ3n) is 2.66. The van der Waals surface area contributed by atoms with Gasteiger partial charge in [0.1, 0.15) is 6.26 Å². The van der Waals surface area contributed by atoms with Gasteiger partial charge in [-0.1, -0.05) is 30.3 Å². The average molecular weight is 238 g/mol. The molecule has 2 aromatic carbocycles. The van der Waals surface area contributed by atoms with Crippen molar-refractivity contribution in [1.82, 2.24) is 4.98 Å². The van der Waals surface area contributed by atoms with Crippen molar-refractivity contribution in [2.45, 2.75) is 0 Å². The van der Waals surface area contributed by atoms with Crippen molar-refractivity contribution in [3.63, 3.8) is 0 Å². The fourth-order valence-corrected chi connectivity index (χ4v) is 1.79. The third kappa shape index (κ3) is 1.96. The Hall–Kier alpha value is -2.62. The van der Waals surface area contributed by atoms with Crippen LogP contribution in [0, 0.1) is 0 Å². The Kier molecular flexibility index (Phi) is 2.53. The number of fused-ring (bicyclic) bond motifs is 1. The SMILES string of the molecule is O=C(Nc1ncco1)c1ccc2ccccc2c1. The number of carbonyl (C=O) groups excluding carboxylic acids is 1. The Morgan fingerprint density at radius 1 is 1.11 bits per heavy atom. The molecule has 1 aromatic heterocycles. The number of hydrogen-bond donors (Lipinski definition) is 1. The molecule has 0 aliphatic heterocycles. The first kappa shape index (κ1) is 10.5. The maximum absolute atomic E-state index is 11.9. The fraction of sp³-hybridized carbons (Fsp3) is 0. The first-order valence-electron chi connectivity index (χ1n) is 5.52. The van der Waals surface area contributed by atoms with E-state index >= 15 is 0 Å². The van der Waals surface area contributed by atoms with E-state index in [9.17, 15) is 4.79 Å². The zero-order chi connectivity index (χ0) is 12.4. The van der Waals surface area contributed by atoms with Crippen molar-refractivity contribution in [1.29, 1.82) is 0 Å². The first-order chi connectivity index (χ1) is 8.83. The van der Waals surface area contributed by atoms with E-state index in [4.69, 9.17) is 4.42 Å². The Balaban J connectivity index is 1.92. The lowest BCUT2D eigenvalue weighted by Crippen LogP contribution is -2.11. The Morgan fingerprint density at radius 3 is 2.72 bits per heavy atom. The summed E-state index contributed by atoms with van der Waals surface area (Å²) in [5.74, 6) is -0.233. The molecule has 0 fully saturated rings. The first-order valence-corrected chi connectivity index (χ1v) is 5.52. The van der Waals surface area contributed by atoms with Crippen LogP contribution in [-0.2, 0) is 0 Å². The van der Waals surface area contributed by atoms with Gasteiger partial charge in [0.2, 0.25) is 0 Å². The van der Waals surface area contributed by atoms with Gasteiger partial charge in [-0.05, 0) is 22.9 Å². The summed E-state index contributed by atoms with van der Waals surface area (Å²) in [4.78, 5) is 15.8. The minimum Gasteiger partial charge on any atom is -0.432 e. The van der Waals surface area contributed by atoms with Crippen LogP contribution >= 0.6 is 0 Å². The summed E-state index contributed by atoms with van der Waals surface area (Å²) in [6, 6.07) is 13.6. The largest absolute Gasteiger partial charge is 0.432 e. The molecule has 3 rings (SSSR count). The van der Waals surface area contributed by atoms with E-state index in [0.29, 0.717) is 5.56 Å². The van der Waals surface area contributed by atoms with Crippen molar-refractivity contribution >= 4 is 22.7 Å². The molecular formula is C14H10N2O2. The van der Waals surface area contributed by atoms with Gasteiger partial charge in [0.05, 0.1) is 6.20 Å². The van der Waals surface area contributed by atoms with Crippen LogP contribution in [0.1, 0.15) is 10.4 Å². The summed E-state index contributed by atoms with van der Waals surface area (Å²) in [5.41, 5.74) is 0.576. The normalized spacial score (nSPS) is 10.4. The van der Waals surface area contributed by atoms with Crippen LogP contribution in [0.5, 0.6) is 0 Å². The van der Waals surface area contributed by atoms with E-state index in [1.807, 2.05) is 36.4 Å². The third-order valence-corrected chi connectivity index (χ3v) is 2.66. The maximum atomic E-state index is 11.9. The standard InChI is InChI=1S/C14H10N2O2/c17-13(16-14-15-7-8-18-14)12-6-5-10-3-1-2-4-11(10)9-12/h1-9H,(H,15,16,17). The zero-order valence-electron chi connectivity index (χ0n) is 9.46. The lowest BCUT2D eigenvalue weighted by Gasteiger charge is -2.03. The molecular weight excluding hydrogens is 228 g/mol. The number of nitrogens with one attached hydrogen (secondary N) is 1. The molecule has 1 heterocycles. The van der Waals surface area contributed by atoms with Crippen LogP contribution in [0.4, 0.5) is 6.01 Å². The van der Waals surface area contributed by atoms with Gasteiger partial charge >= 0.3 is 6.01 Å². The molecule has 1 N–H and O–H groups in total. The minimum absolute atomic E-state index is 0.202.